The summed E-state index contributed by atoms with van der Waals surface area (Å²) in [6, 6.07) is 0. The number of rotatable bonds is 0. The van der Waals surface area contributed by atoms with E-state index in [9.17, 15) is 0 Å². The summed E-state index contributed by atoms with van der Waals surface area (Å²) in [4.78, 5) is 0. The van der Waals surface area contributed by atoms with Crippen molar-refractivity contribution in [3.8, 4) is 0 Å². The average molecular weight is 3890 g/mol. The van der Waals surface area contributed by atoms with Gasteiger partial charge in [-0.15, -0.1) is 0 Å². The van der Waals surface area contributed by atoms with E-state index < -0.39 is 0 Å². The van der Waals surface area contributed by atoms with Gasteiger partial charge in [0, 0.05) is 1410 Å². The summed E-state index contributed by atoms with van der Waals surface area (Å²) < 4.78 is 0. The van der Waals surface area contributed by atoms with Crippen LogP contribution in [0.5, 0.6) is 0 Å². The summed E-state index contributed by atoms with van der Waals surface area (Å²) in [6.07, 6.45) is 0. The standard InChI is InChI=1S/C4H7.CH4.43Y/c1-4(2)3;;;;;;;;;;;;;;;;;;;;;;;;;;;;;;;;;;;;;;;;;;;;/h1H,2-3H3;1H4;;;;;;;;;;;;;;;;;;;;;;;;;;;;;;;;;;;;;;;;;;;/q-1;;;;;;;;;;;;;;;;;;;;;;;;;;;;;;;;;;;;;;;;;;;;. The van der Waals surface area contributed by atoms with Gasteiger partial charge in [-0.3, -0.25) is 5.57 Å². The van der Waals surface area contributed by atoms with Crippen LogP contribution in [-0.4, -0.2) is 0 Å². The van der Waals surface area contributed by atoms with Crippen molar-refractivity contribution in [1.82, 2.24) is 0 Å². The van der Waals surface area contributed by atoms with E-state index in [4.69, 9.17) is 6.58 Å². The third-order valence-electron chi connectivity index (χ3n) is 0. The van der Waals surface area contributed by atoms with Crippen molar-refractivity contribution in [3.63, 3.8) is 0 Å². The molecule has 0 fully saturated rings. The van der Waals surface area contributed by atoms with E-state index in [0.717, 1.165) is 5.57 Å². The summed E-state index contributed by atoms with van der Waals surface area (Å²) in [5.41, 5.74) is 0.917. The van der Waals surface area contributed by atoms with Crippen LogP contribution in [0.1, 0.15) is 21.3 Å². The van der Waals surface area contributed by atoms with Crippen LogP contribution in [0.15, 0.2) is 5.57 Å². The van der Waals surface area contributed by atoms with Gasteiger partial charge in [0.2, 0.25) is 0 Å². The largest absolute Gasteiger partial charge is 0.515 e. The molecule has 43 radical (unpaired) electrons. The van der Waals surface area contributed by atoms with E-state index in [0.29, 0.717) is 0 Å². The van der Waals surface area contributed by atoms with E-state index in [2.05, 4.69) is 0 Å². The molecule has 0 saturated carbocycles. The van der Waals surface area contributed by atoms with Crippen molar-refractivity contribution >= 4 is 0 Å². The van der Waals surface area contributed by atoms with Gasteiger partial charge in [-0.2, -0.15) is 0 Å². The van der Waals surface area contributed by atoms with Crippen molar-refractivity contribution in [2.45, 2.75) is 21.3 Å². The monoisotopic (exact) mass is 3890 g/mol. The predicted octanol–water partition coefficient (Wildman–Crippen LogP) is 1.91. The molecule has 0 rings (SSSR count). The fourth-order valence-corrected chi connectivity index (χ4v) is 0. The Hall–Kier alpha value is 47.2. The third-order valence-corrected chi connectivity index (χ3v) is 0. The van der Waals surface area contributed by atoms with Crippen LogP contribution in [0.3, 0.4) is 0 Å². The Balaban J connectivity index is -0.0000000000476. The first-order valence-corrected chi connectivity index (χ1v) is 1.29. The van der Waals surface area contributed by atoms with Crippen molar-refractivity contribution in [3.05, 3.63) is 12.2 Å². The summed E-state index contributed by atoms with van der Waals surface area (Å²) in [6.45, 7) is 8.75. The molecule has 0 spiro atoms. The maximum atomic E-state index is 5.03. The molecule has 0 aliphatic rings. The molecule has 0 heterocycles. The summed E-state index contributed by atoms with van der Waals surface area (Å²) in [5.74, 6) is 0. The van der Waals surface area contributed by atoms with Gasteiger partial charge >= 0.3 is 0 Å². The first kappa shape index (κ1) is 335. The molecule has 0 bridgehead atoms. The number of hydrogen-bond acceptors (Lipinski definition) is 0. The molecule has 0 unspecified atom stereocenters. The smallest absolute Gasteiger partial charge is 0 e. The minimum atomic E-state index is 0. The van der Waals surface area contributed by atoms with E-state index in [-0.39, 0.29) is 1410 Å². The minimum absolute atomic E-state index is 0. The predicted molar refractivity (Wildman–Crippen MR) is 25.9 cm³/mol. The Morgan fingerprint density at radius 1 is 0.167 bits per heavy atom. The van der Waals surface area contributed by atoms with Crippen LogP contribution in [0.2, 0.25) is 0 Å². The first-order valence-electron chi connectivity index (χ1n) is 1.29. The molecular formula is C5H11Y43-. The van der Waals surface area contributed by atoms with Crippen LogP contribution >= 0.6 is 0 Å². The second kappa shape index (κ2) is 325. The van der Waals surface area contributed by atoms with Crippen LogP contribution in [0.25, 0.3) is 0 Å². The summed E-state index contributed by atoms with van der Waals surface area (Å²) in [5, 5.41) is 0. The Bertz CT molecular complexity index is 46.2. The SMILES string of the molecule is C.[CH-]=C(C)C.[Y].[Y].[Y].[Y].[Y].[Y].[Y].[Y].[Y].[Y].[Y].[Y].[Y].[Y].[Y].[Y].[Y].[Y].[Y].[Y].[Y].[Y].[Y].[Y].[Y].[Y].[Y].[Y].[Y].[Y].[Y].[Y].[Y].[Y].[Y].[Y].[Y].[Y].[Y].[Y].[Y].[Y].[Y]. The zero-order valence-corrected chi connectivity index (χ0v) is 150. The van der Waals surface area contributed by atoms with Gasteiger partial charge in [-0.1, -0.05) is 21.3 Å². The van der Waals surface area contributed by atoms with Crippen LogP contribution in [0.4, 0.5) is 0 Å². The van der Waals surface area contributed by atoms with Gasteiger partial charge < -0.3 is 6.58 Å². The number of hydrogen-bond donors (Lipinski definition) is 0. The Morgan fingerprint density at radius 2 is 0.167 bits per heavy atom. The first-order chi connectivity index (χ1) is 1.73. The molecule has 0 aliphatic carbocycles. The molecule has 0 saturated heterocycles. The summed E-state index contributed by atoms with van der Waals surface area (Å²) >= 11 is 0. The Morgan fingerprint density at radius 3 is 0.167 bits per heavy atom. The van der Waals surface area contributed by atoms with Gasteiger partial charge in [0.15, 0.2) is 0 Å². The maximum Gasteiger partial charge on any atom is 0 e. The molecular weight excluding hydrogens is 3880 g/mol. The van der Waals surface area contributed by atoms with E-state index in [1.54, 1.807) is 0 Å². The maximum absolute atomic E-state index is 5.03. The third kappa shape index (κ3) is 356. The second-order valence-corrected chi connectivity index (χ2v) is 1.08. The van der Waals surface area contributed by atoms with Crippen molar-refractivity contribution in [2.24, 2.45) is 0 Å². The normalized spacial score (nSPS) is 0.542. The van der Waals surface area contributed by atoms with Gasteiger partial charge in [-0.25, -0.2) is 0 Å². The quantitative estimate of drug-likeness (QED) is 0.326. The molecule has 0 aromatic heterocycles. The van der Waals surface area contributed by atoms with Gasteiger partial charge in [0.25, 0.3) is 0 Å². The zero-order chi connectivity index (χ0) is 3.58. The van der Waals surface area contributed by atoms with Crippen molar-refractivity contribution in [2.75, 3.05) is 0 Å². The molecule has 0 aromatic carbocycles. The van der Waals surface area contributed by atoms with Crippen molar-refractivity contribution in [1.29, 1.82) is 0 Å². The molecule has 0 amide bonds. The second-order valence-electron chi connectivity index (χ2n) is 1.08. The molecule has 48 heavy (non-hydrogen) atoms. The Labute approximate surface area is 1380 Å². The van der Waals surface area contributed by atoms with E-state index in [1.807, 2.05) is 13.8 Å². The summed E-state index contributed by atoms with van der Waals surface area (Å²) in [7, 11) is 0. The van der Waals surface area contributed by atoms with Crippen LogP contribution < -0.4 is 0 Å². The molecule has 0 aliphatic heterocycles. The zero-order valence-electron chi connectivity index (χ0n) is 27.9. The minimum Gasteiger partial charge on any atom is -0.515 e. The van der Waals surface area contributed by atoms with Crippen LogP contribution in [0, 0.1) is 6.58 Å². The Kier molecular flexibility index (Phi) is 2270. The molecule has 0 nitrogen and oxygen atoms in total. The molecule has 43 heteroatoms. The molecule has 161 valence electrons. The molecule has 0 aromatic rings. The fraction of sp³-hybridized carbons (Fsp3) is 0.600. The number of allylic oxidation sites excluding steroid dienone is 1. The van der Waals surface area contributed by atoms with Crippen molar-refractivity contribution < 1.29 is 1410 Å². The average Bonchev–Trinajstić information content (AvgIpc) is 0.811. The fourth-order valence-electron chi connectivity index (χ4n) is 0. The van der Waals surface area contributed by atoms with E-state index in [1.165, 1.54) is 0 Å². The van der Waals surface area contributed by atoms with Gasteiger partial charge in [-0.05, 0) is 0 Å². The van der Waals surface area contributed by atoms with Crippen LogP contribution in [-0.2, 0) is 1410 Å². The van der Waals surface area contributed by atoms with E-state index >= 15 is 0 Å². The molecule has 0 N–H and O–H groups in total. The molecule has 0 atom stereocenters. The topological polar surface area (TPSA) is 0 Å². The van der Waals surface area contributed by atoms with Gasteiger partial charge in [0.05, 0.1) is 0 Å². The van der Waals surface area contributed by atoms with Gasteiger partial charge in [0.1, 0.15) is 0 Å².